The van der Waals surface area contributed by atoms with E-state index in [0.29, 0.717) is 11.3 Å². The average molecular weight is 412 g/mol. The number of amides is 1. The van der Waals surface area contributed by atoms with E-state index >= 15 is 0 Å². The van der Waals surface area contributed by atoms with Gasteiger partial charge in [-0.25, -0.2) is 0 Å². The second-order valence-corrected chi connectivity index (χ2v) is 6.97. The van der Waals surface area contributed by atoms with Gasteiger partial charge in [-0.3, -0.25) is 4.79 Å². The van der Waals surface area contributed by atoms with E-state index in [2.05, 4.69) is 15.9 Å². The first-order valence-electron chi connectivity index (χ1n) is 8.46. The summed E-state index contributed by atoms with van der Waals surface area (Å²) in [6.07, 6.45) is 1.60. The highest BCUT2D eigenvalue weighted by atomic mass is 35.5. The maximum atomic E-state index is 12.2. The lowest BCUT2D eigenvalue weighted by Gasteiger charge is -2.20. The Kier molecular flexibility index (Phi) is 8.08. The molecule has 27 heavy (non-hydrogen) atoms. The predicted molar refractivity (Wildman–Crippen MR) is 105 cm³/mol. The zero-order valence-corrected chi connectivity index (χ0v) is 16.5. The van der Waals surface area contributed by atoms with Crippen LogP contribution in [0.5, 0.6) is 0 Å². The molecule has 1 atom stereocenters. The number of nitrogens with one attached hydrogen (secondary N) is 1. The zero-order chi connectivity index (χ0) is 18.4. The van der Waals surface area contributed by atoms with E-state index in [1.54, 1.807) is 30.0 Å². The number of halogens is 1. The van der Waals surface area contributed by atoms with Gasteiger partial charge in [-0.15, -0.1) is 12.4 Å². The SMILES string of the molecule is C[C@H](CSC(=O)c1ccccc1)C(=O)[N-]c1c[n+](N2CCNCC2)no1.Cl. The summed E-state index contributed by atoms with van der Waals surface area (Å²) in [6, 6.07) is 9.01. The minimum absolute atomic E-state index is 0. The minimum Gasteiger partial charge on any atom is -0.588 e. The van der Waals surface area contributed by atoms with Crippen LogP contribution in [0, 0.1) is 5.92 Å². The van der Waals surface area contributed by atoms with Crippen LogP contribution < -0.4 is 15.1 Å². The summed E-state index contributed by atoms with van der Waals surface area (Å²) in [5.41, 5.74) is 0.626. The quantitative estimate of drug-likeness (QED) is 0.722. The van der Waals surface area contributed by atoms with Gasteiger partial charge in [-0.2, -0.15) is 5.01 Å². The van der Waals surface area contributed by atoms with Gasteiger partial charge in [0.2, 0.25) is 10.4 Å². The van der Waals surface area contributed by atoms with Crippen molar-refractivity contribution in [2.75, 3.05) is 36.9 Å². The van der Waals surface area contributed by atoms with Crippen LogP contribution in [0.15, 0.2) is 41.1 Å². The number of thioether (sulfide) groups is 1. The van der Waals surface area contributed by atoms with Crippen LogP contribution in [-0.2, 0) is 4.79 Å². The fourth-order valence-corrected chi connectivity index (χ4v) is 3.27. The van der Waals surface area contributed by atoms with E-state index in [9.17, 15) is 9.59 Å². The third kappa shape index (κ3) is 5.95. The molecule has 1 saturated heterocycles. The predicted octanol–water partition coefficient (Wildman–Crippen LogP) is 1.67. The van der Waals surface area contributed by atoms with Crippen LogP contribution in [-0.4, -0.2) is 48.2 Å². The lowest BCUT2D eigenvalue weighted by molar-refractivity contribution is -0.758. The molecule has 10 heteroatoms. The summed E-state index contributed by atoms with van der Waals surface area (Å²) in [5.74, 6) is -0.200. The number of benzene rings is 1. The van der Waals surface area contributed by atoms with Gasteiger partial charge < -0.3 is 20.0 Å². The first-order valence-corrected chi connectivity index (χ1v) is 9.44. The highest BCUT2D eigenvalue weighted by Gasteiger charge is 2.20. The molecule has 2 aromatic rings. The largest absolute Gasteiger partial charge is 0.588 e. The molecule has 1 N–H and O–H groups in total. The molecule has 1 amide bonds. The highest BCUT2D eigenvalue weighted by Crippen LogP contribution is 2.22. The standard InChI is InChI=1S/C17H21N5O3S.ClH/c1-13(12-26-17(24)14-5-3-2-4-6-14)16(23)19-15-11-22(20-25-15)21-9-7-18-8-10-21;/h2-6,11,13,18H,7-10,12H2,1H3;1H/t13-;/m1./s1. The molecule has 1 aliphatic heterocycles. The smallest absolute Gasteiger partial charge is 0.257 e. The molecule has 1 fully saturated rings. The van der Waals surface area contributed by atoms with Crippen LogP contribution in [0.3, 0.4) is 0 Å². The minimum atomic E-state index is -0.398. The molecular formula is C17H22ClN5O3S. The topological polar surface area (TPSA) is 93.4 Å². The summed E-state index contributed by atoms with van der Waals surface area (Å²) in [5, 5.41) is 13.1. The third-order valence-corrected chi connectivity index (χ3v) is 5.11. The van der Waals surface area contributed by atoms with Gasteiger partial charge in [0.05, 0.1) is 23.8 Å². The Hall–Kier alpha value is -2.10. The first-order chi connectivity index (χ1) is 12.6. The fraction of sp³-hybridized carbons (Fsp3) is 0.412. The van der Waals surface area contributed by atoms with E-state index in [-0.39, 0.29) is 29.3 Å². The van der Waals surface area contributed by atoms with Crippen LogP contribution in [0.1, 0.15) is 17.3 Å². The van der Waals surface area contributed by atoms with E-state index in [1.165, 1.54) is 0 Å². The summed E-state index contributed by atoms with van der Waals surface area (Å²) >= 11 is 1.12. The third-order valence-electron chi connectivity index (χ3n) is 3.94. The van der Waals surface area contributed by atoms with Crippen molar-refractivity contribution in [1.29, 1.82) is 0 Å². The Morgan fingerprint density at radius 1 is 1.33 bits per heavy atom. The molecule has 0 radical (unpaired) electrons. The van der Waals surface area contributed by atoms with E-state index in [0.717, 1.165) is 37.9 Å². The van der Waals surface area contributed by atoms with Crippen molar-refractivity contribution in [2.45, 2.75) is 6.92 Å². The van der Waals surface area contributed by atoms with Crippen LogP contribution >= 0.6 is 24.2 Å². The second-order valence-electron chi connectivity index (χ2n) is 5.98. The van der Waals surface area contributed by atoms with E-state index in [1.807, 2.05) is 23.2 Å². The van der Waals surface area contributed by atoms with E-state index < -0.39 is 5.92 Å². The maximum Gasteiger partial charge on any atom is 0.257 e. The van der Waals surface area contributed by atoms with Gasteiger partial charge in [0.1, 0.15) is 5.88 Å². The van der Waals surface area contributed by atoms with Crippen molar-refractivity contribution < 1.29 is 18.9 Å². The molecule has 0 saturated carbocycles. The molecule has 1 aliphatic rings. The van der Waals surface area contributed by atoms with Crippen LogP contribution in [0.4, 0.5) is 5.88 Å². The molecule has 8 nitrogen and oxygen atoms in total. The Labute approximate surface area is 168 Å². The van der Waals surface area contributed by atoms with Crippen LogP contribution in [0.25, 0.3) is 5.32 Å². The van der Waals surface area contributed by atoms with Gasteiger partial charge >= 0.3 is 0 Å². The fourth-order valence-electron chi connectivity index (χ4n) is 2.42. The number of aromatic nitrogens is 2. The molecular weight excluding hydrogens is 390 g/mol. The van der Waals surface area contributed by atoms with Crippen molar-refractivity contribution in [3.63, 3.8) is 0 Å². The number of nitrogens with zero attached hydrogens (tertiary/aromatic N) is 4. The van der Waals surface area contributed by atoms with Crippen molar-refractivity contribution in [3.8, 4) is 0 Å². The number of rotatable bonds is 6. The molecule has 1 aromatic carbocycles. The number of carbonyl (C=O) groups excluding carboxylic acids is 2. The second kappa shape index (κ2) is 10.3. The Morgan fingerprint density at radius 2 is 2.04 bits per heavy atom. The molecule has 3 rings (SSSR count). The maximum absolute atomic E-state index is 12.2. The molecule has 146 valence electrons. The molecule has 2 heterocycles. The van der Waals surface area contributed by atoms with Gasteiger partial charge in [-0.1, -0.05) is 49.0 Å². The van der Waals surface area contributed by atoms with Gasteiger partial charge in [-0.05, 0) is 0 Å². The summed E-state index contributed by atoms with van der Waals surface area (Å²) < 4.78 is 5.12. The number of hydrogen-bond acceptors (Lipinski definition) is 7. The van der Waals surface area contributed by atoms with Crippen LogP contribution in [0.2, 0.25) is 0 Å². The van der Waals surface area contributed by atoms with Crippen molar-refractivity contribution in [1.82, 2.24) is 10.6 Å². The zero-order valence-electron chi connectivity index (χ0n) is 14.9. The summed E-state index contributed by atoms with van der Waals surface area (Å²) in [6.45, 7) is 5.10. The number of piperazine rings is 1. The molecule has 0 aliphatic carbocycles. The first kappa shape index (κ1) is 21.2. The Bertz CT molecular complexity index is 752. The Morgan fingerprint density at radius 3 is 2.74 bits per heavy atom. The van der Waals surface area contributed by atoms with Crippen molar-refractivity contribution in [3.05, 3.63) is 47.4 Å². The lowest BCUT2D eigenvalue weighted by Crippen LogP contribution is -2.64. The molecule has 1 aromatic heterocycles. The number of hydrogen-bond donors (Lipinski definition) is 1. The summed E-state index contributed by atoms with van der Waals surface area (Å²) in [7, 11) is 0. The molecule has 0 unspecified atom stereocenters. The van der Waals surface area contributed by atoms with Crippen molar-refractivity contribution in [2.24, 2.45) is 5.92 Å². The monoisotopic (exact) mass is 411 g/mol. The average Bonchev–Trinajstić information content (AvgIpc) is 3.15. The van der Waals surface area contributed by atoms with Gasteiger partial charge in [0.15, 0.2) is 0 Å². The summed E-state index contributed by atoms with van der Waals surface area (Å²) in [4.78, 5) is 25.9. The van der Waals surface area contributed by atoms with Crippen molar-refractivity contribution >= 4 is 41.1 Å². The van der Waals surface area contributed by atoms with Gasteiger partial charge in [0.25, 0.3) is 6.20 Å². The van der Waals surface area contributed by atoms with Gasteiger partial charge in [0, 0.05) is 30.3 Å². The molecule has 0 bridgehead atoms. The van der Waals surface area contributed by atoms with E-state index in [4.69, 9.17) is 4.52 Å². The highest BCUT2D eigenvalue weighted by molar-refractivity contribution is 8.14. The lowest BCUT2D eigenvalue weighted by atomic mass is 10.2. The molecule has 0 spiro atoms. The number of carbonyl (C=O) groups is 2. The normalized spacial score (nSPS) is 14.9. The Balaban J connectivity index is 0.00000261.